The maximum absolute atomic E-state index is 14.0. The van der Waals surface area contributed by atoms with Crippen molar-refractivity contribution in [3.8, 4) is 11.3 Å². The van der Waals surface area contributed by atoms with Crippen LogP contribution in [0.4, 0.5) is 25.1 Å². The number of benzene rings is 1. The first-order chi connectivity index (χ1) is 16.0. The fourth-order valence-electron chi connectivity index (χ4n) is 4.54. The second-order valence-corrected chi connectivity index (χ2v) is 8.56. The Kier molecular flexibility index (Phi) is 5.62. The number of aromatic nitrogens is 3. The largest absolute Gasteiger partial charge is 0.441 e. The molecule has 7 nitrogen and oxygen atoms in total. The molecule has 1 spiro atoms. The standard InChI is InChI=1S/C24H23F2N5O2/c25-18-5-2-1-4-17(18)19-7-8-21(30-29-19)28-14-16-9-11-24(12-10-16)15-31(23(32)33-24)20-6-3-13-27-22(20)26/h1-8,13,16H,9-12,14-15H2,(H,28,30)/t16-,24-. The smallest absolute Gasteiger partial charge is 0.415 e. The lowest BCUT2D eigenvalue weighted by Crippen LogP contribution is -2.39. The van der Waals surface area contributed by atoms with E-state index in [1.54, 1.807) is 36.4 Å². The van der Waals surface area contributed by atoms with Crippen LogP contribution in [0.25, 0.3) is 11.3 Å². The fraction of sp³-hybridized carbons (Fsp3) is 0.333. The highest BCUT2D eigenvalue weighted by atomic mass is 19.1. The Morgan fingerprint density at radius 1 is 1.06 bits per heavy atom. The van der Waals surface area contributed by atoms with E-state index in [2.05, 4.69) is 20.5 Å². The van der Waals surface area contributed by atoms with Crippen LogP contribution in [0.2, 0.25) is 0 Å². The first-order valence-electron chi connectivity index (χ1n) is 11.0. The molecule has 5 rings (SSSR count). The molecule has 0 bridgehead atoms. The molecule has 1 aromatic carbocycles. The average molecular weight is 451 g/mol. The van der Waals surface area contributed by atoms with E-state index in [0.29, 0.717) is 48.9 Å². The number of nitrogens with one attached hydrogen (secondary N) is 1. The van der Waals surface area contributed by atoms with Crippen molar-refractivity contribution in [3.63, 3.8) is 0 Å². The topological polar surface area (TPSA) is 80.2 Å². The molecule has 2 aromatic heterocycles. The van der Waals surface area contributed by atoms with Crippen LogP contribution in [0.3, 0.4) is 0 Å². The quantitative estimate of drug-likeness (QED) is 0.561. The highest BCUT2D eigenvalue weighted by molar-refractivity contribution is 5.90. The fourth-order valence-corrected chi connectivity index (χ4v) is 4.54. The number of carbonyl (C=O) groups is 1. The Labute approximate surface area is 189 Å². The van der Waals surface area contributed by atoms with Gasteiger partial charge in [-0.15, -0.1) is 10.2 Å². The molecule has 170 valence electrons. The molecule has 33 heavy (non-hydrogen) atoms. The number of pyridine rings is 1. The number of hydrogen-bond acceptors (Lipinski definition) is 6. The van der Waals surface area contributed by atoms with E-state index in [0.717, 1.165) is 12.8 Å². The predicted octanol–water partition coefficient (Wildman–Crippen LogP) is 4.81. The molecule has 3 aromatic rings. The Morgan fingerprint density at radius 3 is 2.61 bits per heavy atom. The van der Waals surface area contributed by atoms with Gasteiger partial charge in [0.15, 0.2) is 0 Å². The highest BCUT2D eigenvalue weighted by Gasteiger charge is 2.48. The van der Waals surface area contributed by atoms with Crippen molar-refractivity contribution in [2.24, 2.45) is 5.92 Å². The molecule has 1 saturated heterocycles. The number of carbonyl (C=O) groups excluding carboxylic acids is 1. The summed E-state index contributed by atoms with van der Waals surface area (Å²) < 4.78 is 33.7. The van der Waals surface area contributed by atoms with E-state index in [-0.39, 0.29) is 11.5 Å². The third kappa shape index (κ3) is 4.35. The van der Waals surface area contributed by atoms with Crippen LogP contribution in [-0.4, -0.2) is 40.0 Å². The van der Waals surface area contributed by atoms with Gasteiger partial charge in [-0.3, -0.25) is 4.90 Å². The summed E-state index contributed by atoms with van der Waals surface area (Å²) in [7, 11) is 0. The monoisotopic (exact) mass is 451 g/mol. The van der Waals surface area contributed by atoms with Crippen LogP contribution in [0.15, 0.2) is 54.7 Å². The lowest BCUT2D eigenvalue weighted by atomic mass is 9.78. The van der Waals surface area contributed by atoms with Gasteiger partial charge in [0.05, 0.1) is 12.2 Å². The van der Waals surface area contributed by atoms with Gasteiger partial charge in [0, 0.05) is 18.3 Å². The van der Waals surface area contributed by atoms with Gasteiger partial charge in [-0.25, -0.2) is 14.2 Å². The van der Waals surface area contributed by atoms with Crippen molar-refractivity contribution in [1.29, 1.82) is 0 Å². The maximum Gasteiger partial charge on any atom is 0.415 e. The van der Waals surface area contributed by atoms with Gasteiger partial charge in [0.2, 0.25) is 5.95 Å². The number of amides is 1. The predicted molar refractivity (Wildman–Crippen MR) is 119 cm³/mol. The number of ether oxygens (including phenoxy) is 1. The first kappa shape index (κ1) is 21.2. The van der Waals surface area contributed by atoms with Gasteiger partial charge >= 0.3 is 6.09 Å². The maximum atomic E-state index is 14.0. The van der Waals surface area contributed by atoms with Crippen LogP contribution in [-0.2, 0) is 4.74 Å². The Balaban J connectivity index is 1.15. The lowest BCUT2D eigenvalue weighted by molar-refractivity contribution is 0.0148. The van der Waals surface area contributed by atoms with Crippen LogP contribution >= 0.6 is 0 Å². The Bertz CT molecular complexity index is 1150. The Morgan fingerprint density at radius 2 is 1.88 bits per heavy atom. The SMILES string of the molecule is O=C1O[C@]2(CC[C@H](CNc3ccc(-c4ccccc4F)nn3)CC2)CN1c1cccnc1F. The average Bonchev–Trinajstić information content (AvgIpc) is 3.15. The molecule has 1 saturated carbocycles. The summed E-state index contributed by atoms with van der Waals surface area (Å²) >= 11 is 0. The molecule has 9 heteroatoms. The molecule has 0 atom stereocenters. The third-order valence-corrected chi connectivity index (χ3v) is 6.40. The van der Waals surface area contributed by atoms with Crippen molar-refractivity contribution in [1.82, 2.24) is 15.2 Å². The summed E-state index contributed by atoms with van der Waals surface area (Å²) in [5, 5.41) is 11.6. The molecule has 0 unspecified atom stereocenters. The summed E-state index contributed by atoms with van der Waals surface area (Å²) in [5.41, 5.74) is 0.466. The number of halogens is 2. The van der Waals surface area contributed by atoms with E-state index in [1.165, 1.54) is 23.2 Å². The van der Waals surface area contributed by atoms with Crippen molar-refractivity contribution >= 4 is 17.6 Å². The summed E-state index contributed by atoms with van der Waals surface area (Å²) in [6, 6.07) is 13.1. The van der Waals surface area contributed by atoms with Gasteiger partial charge in [0.25, 0.3) is 0 Å². The summed E-state index contributed by atoms with van der Waals surface area (Å²) in [6.07, 6.45) is 3.98. The zero-order valence-electron chi connectivity index (χ0n) is 17.9. The van der Waals surface area contributed by atoms with E-state index in [4.69, 9.17) is 4.74 Å². The van der Waals surface area contributed by atoms with Gasteiger partial charge in [-0.2, -0.15) is 4.39 Å². The zero-order valence-corrected chi connectivity index (χ0v) is 17.9. The molecule has 2 aliphatic rings. The van der Waals surface area contributed by atoms with E-state index in [1.807, 2.05) is 0 Å². The molecular formula is C24H23F2N5O2. The molecule has 1 aliphatic carbocycles. The van der Waals surface area contributed by atoms with E-state index >= 15 is 0 Å². The van der Waals surface area contributed by atoms with Crippen LogP contribution in [0.5, 0.6) is 0 Å². The van der Waals surface area contributed by atoms with Crippen molar-refractivity contribution in [2.75, 3.05) is 23.3 Å². The number of anilines is 2. The minimum Gasteiger partial charge on any atom is -0.441 e. The van der Waals surface area contributed by atoms with Gasteiger partial charge in [-0.05, 0) is 68.0 Å². The van der Waals surface area contributed by atoms with Crippen LogP contribution < -0.4 is 10.2 Å². The van der Waals surface area contributed by atoms with Crippen LogP contribution in [0.1, 0.15) is 25.7 Å². The summed E-state index contributed by atoms with van der Waals surface area (Å²) in [6.45, 7) is 1.04. The Hall–Kier alpha value is -3.62. The molecule has 2 fully saturated rings. The first-order valence-corrected chi connectivity index (χ1v) is 11.0. The molecular weight excluding hydrogens is 428 g/mol. The van der Waals surface area contributed by atoms with E-state index in [9.17, 15) is 13.6 Å². The minimum atomic E-state index is -0.675. The van der Waals surface area contributed by atoms with Crippen molar-refractivity contribution in [2.45, 2.75) is 31.3 Å². The van der Waals surface area contributed by atoms with E-state index < -0.39 is 17.6 Å². The molecule has 0 radical (unpaired) electrons. The lowest BCUT2D eigenvalue weighted by Gasteiger charge is -2.35. The minimum absolute atomic E-state index is 0.153. The number of nitrogens with zero attached hydrogens (tertiary/aromatic N) is 4. The zero-order chi connectivity index (χ0) is 22.8. The molecule has 1 amide bonds. The molecule has 1 N–H and O–H groups in total. The highest BCUT2D eigenvalue weighted by Crippen LogP contribution is 2.41. The molecule has 1 aliphatic heterocycles. The number of rotatable bonds is 5. The molecule has 3 heterocycles. The third-order valence-electron chi connectivity index (χ3n) is 6.40. The summed E-state index contributed by atoms with van der Waals surface area (Å²) in [5.74, 6) is 0.0000490. The second-order valence-electron chi connectivity index (χ2n) is 8.56. The van der Waals surface area contributed by atoms with Gasteiger partial charge < -0.3 is 10.1 Å². The van der Waals surface area contributed by atoms with Crippen molar-refractivity contribution in [3.05, 3.63) is 66.5 Å². The van der Waals surface area contributed by atoms with Gasteiger partial charge in [-0.1, -0.05) is 12.1 Å². The second kappa shape index (κ2) is 8.73. The normalized spacial score (nSPS) is 22.4. The van der Waals surface area contributed by atoms with Gasteiger partial charge in [0.1, 0.15) is 22.9 Å². The number of hydrogen-bond donors (Lipinski definition) is 1. The van der Waals surface area contributed by atoms with Crippen LogP contribution in [0, 0.1) is 17.7 Å². The van der Waals surface area contributed by atoms with Crippen molar-refractivity contribution < 1.29 is 18.3 Å². The summed E-state index contributed by atoms with van der Waals surface area (Å²) in [4.78, 5) is 17.4.